The van der Waals surface area contributed by atoms with Crippen molar-refractivity contribution in [3.05, 3.63) is 46.2 Å². The smallest absolute Gasteiger partial charge is 0.0535 e. The summed E-state index contributed by atoms with van der Waals surface area (Å²) in [5.41, 5.74) is 3.68. The SMILES string of the molecule is Cc1[nH]ncc1CNC1CCSc2ccc(Cl)cc21.Cl. The van der Waals surface area contributed by atoms with Crippen LogP contribution in [0, 0.1) is 6.92 Å². The molecule has 1 aromatic carbocycles. The molecule has 2 N–H and O–H groups in total. The molecule has 0 amide bonds. The minimum absolute atomic E-state index is 0. The van der Waals surface area contributed by atoms with Crippen molar-refractivity contribution >= 4 is 35.8 Å². The molecule has 0 saturated carbocycles. The van der Waals surface area contributed by atoms with Crippen molar-refractivity contribution < 1.29 is 0 Å². The molecule has 6 heteroatoms. The number of fused-ring (bicyclic) bond motifs is 1. The van der Waals surface area contributed by atoms with E-state index in [1.165, 1.54) is 16.0 Å². The van der Waals surface area contributed by atoms with Crippen molar-refractivity contribution in [2.75, 3.05) is 5.75 Å². The zero-order valence-electron chi connectivity index (χ0n) is 11.1. The van der Waals surface area contributed by atoms with E-state index in [2.05, 4.69) is 27.6 Å². The van der Waals surface area contributed by atoms with Gasteiger partial charge in [0.1, 0.15) is 0 Å². The van der Waals surface area contributed by atoms with E-state index in [9.17, 15) is 0 Å². The van der Waals surface area contributed by atoms with E-state index in [0.29, 0.717) is 6.04 Å². The monoisotopic (exact) mass is 329 g/mol. The second-order valence-corrected chi connectivity index (χ2v) is 6.35. The van der Waals surface area contributed by atoms with Gasteiger partial charge in [-0.1, -0.05) is 11.6 Å². The number of benzene rings is 1. The van der Waals surface area contributed by atoms with Gasteiger partial charge in [-0.15, -0.1) is 24.2 Å². The van der Waals surface area contributed by atoms with Gasteiger partial charge in [0.05, 0.1) is 6.20 Å². The Morgan fingerprint density at radius 2 is 2.35 bits per heavy atom. The molecule has 0 saturated heterocycles. The second kappa shape index (κ2) is 6.85. The molecular weight excluding hydrogens is 313 g/mol. The van der Waals surface area contributed by atoms with Crippen LogP contribution in [0.25, 0.3) is 0 Å². The molecule has 0 bridgehead atoms. The lowest BCUT2D eigenvalue weighted by atomic mass is 10.0. The molecular formula is C14H17Cl2N3S. The highest BCUT2D eigenvalue weighted by atomic mass is 35.5. The molecule has 0 fully saturated rings. The molecule has 1 atom stereocenters. The van der Waals surface area contributed by atoms with E-state index in [1.807, 2.05) is 30.9 Å². The highest BCUT2D eigenvalue weighted by molar-refractivity contribution is 7.99. The molecule has 0 spiro atoms. The summed E-state index contributed by atoms with van der Waals surface area (Å²) in [4.78, 5) is 1.34. The minimum atomic E-state index is 0. The number of thioether (sulfide) groups is 1. The van der Waals surface area contributed by atoms with Gasteiger partial charge in [0.15, 0.2) is 0 Å². The first kappa shape index (κ1) is 15.7. The molecule has 2 heterocycles. The van der Waals surface area contributed by atoms with Crippen molar-refractivity contribution in [1.82, 2.24) is 15.5 Å². The molecule has 3 rings (SSSR count). The Labute approximate surface area is 134 Å². The molecule has 3 nitrogen and oxygen atoms in total. The van der Waals surface area contributed by atoms with Crippen LogP contribution in [0.4, 0.5) is 0 Å². The van der Waals surface area contributed by atoms with Crippen LogP contribution < -0.4 is 5.32 Å². The maximum Gasteiger partial charge on any atom is 0.0535 e. The number of aryl methyl sites for hydroxylation is 1. The number of rotatable bonds is 3. The fraction of sp³-hybridized carbons (Fsp3) is 0.357. The molecule has 1 aliphatic rings. The van der Waals surface area contributed by atoms with Crippen molar-refractivity contribution in [2.24, 2.45) is 0 Å². The topological polar surface area (TPSA) is 40.7 Å². The van der Waals surface area contributed by atoms with Crippen LogP contribution in [0.2, 0.25) is 5.02 Å². The van der Waals surface area contributed by atoms with Crippen molar-refractivity contribution in [3.8, 4) is 0 Å². The van der Waals surface area contributed by atoms with Gasteiger partial charge in [-0.05, 0) is 42.9 Å². The summed E-state index contributed by atoms with van der Waals surface area (Å²) >= 11 is 8.03. The van der Waals surface area contributed by atoms with Gasteiger partial charge in [-0.25, -0.2) is 0 Å². The number of nitrogens with zero attached hydrogens (tertiary/aromatic N) is 1. The molecule has 108 valence electrons. The highest BCUT2D eigenvalue weighted by Crippen LogP contribution is 2.37. The quantitative estimate of drug-likeness (QED) is 0.889. The lowest BCUT2D eigenvalue weighted by Gasteiger charge is -2.26. The number of aromatic amines is 1. The van der Waals surface area contributed by atoms with E-state index in [1.54, 1.807) is 0 Å². The third-order valence-electron chi connectivity index (χ3n) is 3.48. The van der Waals surface area contributed by atoms with Crippen molar-refractivity contribution in [1.29, 1.82) is 0 Å². The number of hydrogen-bond acceptors (Lipinski definition) is 3. The Morgan fingerprint density at radius 3 is 3.10 bits per heavy atom. The van der Waals surface area contributed by atoms with E-state index >= 15 is 0 Å². The Hall–Kier alpha value is -0.680. The van der Waals surface area contributed by atoms with E-state index in [0.717, 1.165) is 29.4 Å². The van der Waals surface area contributed by atoms with Crippen LogP contribution in [0.3, 0.4) is 0 Å². The fourth-order valence-electron chi connectivity index (χ4n) is 2.36. The molecule has 0 aliphatic carbocycles. The predicted octanol–water partition coefficient (Wildman–Crippen LogP) is 4.12. The van der Waals surface area contributed by atoms with Crippen LogP contribution in [0.15, 0.2) is 29.3 Å². The summed E-state index contributed by atoms with van der Waals surface area (Å²) in [6.45, 7) is 2.88. The van der Waals surface area contributed by atoms with Gasteiger partial charge >= 0.3 is 0 Å². The Balaban J connectivity index is 0.00000147. The number of aromatic nitrogens is 2. The lowest BCUT2D eigenvalue weighted by molar-refractivity contribution is 0.509. The maximum atomic E-state index is 6.11. The maximum absolute atomic E-state index is 6.11. The first-order valence-corrected chi connectivity index (χ1v) is 7.75. The third kappa shape index (κ3) is 3.31. The van der Waals surface area contributed by atoms with E-state index in [4.69, 9.17) is 11.6 Å². The largest absolute Gasteiger partial charge is 0.306 e. The summed E-state index contributed by atoms with van der Waals surface area (Å²) in [6.07, 6.45) is 3.02. The van der Waals surface area contributed by atoms with Crippen LogP contribution in [-0.2, 0) is 6.54 Å². The standard InChI is InChI=1S/C14H16ClN3S.ClH/c1-9-10(8-17-18-9)7-16-13-4-5-19-14-3-2-11(15)6-12(13)14;/h2-3,6,8,13,16H,4-5,7H2,1H3,(H,17,18);1H. The lowest BCUT2D eigenvalue weighted by Crippen LogP contribution is -2.24. The van der Waals surface area contributed by atoms with Crippen LogP contribution in [-0.4, -0.2) is 16.0 Å². The normalized spacial score (nSPS) is 17.4. The van der Waals surface area contributed by atoms with Gasteiger partial charge in [0, 0.05) is 33.8 Å². The number of H-pyrrole nitrogens is 1. The van der Waals surface area contributed by atoms with Gasteiger partial charge < -0.3 is 5.32 Å². The summed E-state index contributed by atoms with van der Waals surface area (Å²) in [5.74, 6) is 1.15. The Bertz CT molecular complexity index is 586. The number of nitrogens with one attached hydrogen (secondary N) is 2. The highest BCUT2D eigenvalue weighted by Gasteiger charge is 2.20. The summed E-state index contributed by atoms with van der Waals surface area (Å²) < 4.78 is 0. The van der Waals surface area contributed by atoms with Crippen LogP contribution in [0.5, 0.6) is 0 Å². The van der Waals surface area contributed by atoms with Gasteiger partial charge in [0.2, 0.25) is 0 Å². The molecule has 1 unspecified atom stereocenters. The van der Waals surface area contributed by atoms with Crippen LogP contribution >= 0.6 is 35.8 Å². The third-order valence-corrected chi connectivity index (χ3v) is 4.84. The zero-order valence-corrected chi connectivity index (χ0v) is 13.5. The first-order chi connectivity index (χ1) is 9.24. The number of hydrogen-bond donors (Lipinski definition) is 2. The summed E-state index contributed by atoms with van der Waals surface area (Å²) in [7, 11) is 0. The fourth-order valence-corrected chi connectivity index (χ4v) is 3.65. The Kier molecular flexibility index (Phi) is 5.38. The molecule has 1 aliphatic heterocycles. The van der Waals surface area contributed by atoms with E-state index in [-0.39, 0.29) is 12.4 Å². The van der Waals surface area contributed by atoms with E-state index < -0.39 is 0 Å². The minimum Gasteiger partial charge on any atom is -0.306 e. The average molecular weight is 330 g/mol. The predicted molar refractivity (Wildman–Crippen MR) is 86.9 cm³/mol. The Morgan fingerprint density at radius 1 is 1.50 bits per heavy atom. The van der Waals surface area contributed by atoms with Gasteiger partial charge in [-0.3, -0.25) is 5.10 Å². The number of halogens is 2. The zero-order chi connectivity index (χ0) is 13.2. The van der Waals surface area contributed by atoms with Crippen LogP contribution in [0.1, 0.15) is 29.3 Å². The summed E-state index contributed by atoms with van der Waals surface area (Å²) in [5, 5.41) is 11.5. The molecule has 1 aromatic heterocycles. The average Bonchev–Trinajstić information content (AvgIpc) is 2.82. The molecule has 0 radical (unpaired) electrons. The first-order valence-electron chi connectivity index (χ1n) is 6.38. The summed E-state index contributed by atoms with van der Waals surface area (Å²) in [6, 6.07) is 6.56. The van der Waals surface area contributed by atoms with Gasteiger partial charge in [0.25, 0.3) is 0 Å². The molecule has 20 heavy (non-hydrogen) atoms. The van der Waals surface area contributed by atoms with Crippen molar-refractivity contribution in [2.45, 2.75) is 30.8 Å². The van der Waals surface area contributed by atoms with Gasteiger partial charge in [-0.2, -0.15) is 5.10 Å². The molecule has 2 aromatic rings. The van der Waals surface area contributed by atoms with Crippen molar-refractivity contribution in [3.63, 3.8) is 0 Å². The second-order valence-electron chi connectivity index (χ2n) is 4.77.